The summed E-state index contributed by atoms with van der Waals surface area (Å²) < 4.78 is 0. The third-order valence-corrected chi connectivity index (χ3v) is 3.33. The summed E-state index contributed by atoms with van der Waals surface area (Å²) >= 11 is 5.09. The number of rotatable bonds is 7. The molecule has 0 bridgehead atoms. The summed E-state index contributed by atoms with van der Waals surface area (Å²) in [6, 6.07) is 2.24. The molecule has 0 fully saturated rings. The zero-order valence-corrected chi connectivity index (χ0v) is 12.2. The van der Waals surface area contributed by atoms with E-state index in [1.807, 2.05) is 6.07 Å². The highest BCUT2D eigenvalue weighted by molar-refractivity contribution is 7.80. The Kier molecular flexibility index (Phi) is 5.98. The summed E-state index contributed by atoms with van der Waals surface area (Å²) in [4.78, 5) is 2.63. The van der Waals surface area contributed by atoms with Crippen molar-refractivity contribution in [2.24, 2.45) is 5.73 Å². The molecule has 18 heavy (non-hydrogen) atoms. The fourth-order valence-corrected chi connectivity index (χ4v) is 1.97. The fourth-order valence-electron chi connectivity index (χ4n) is 1.81. The van der Waals surface area contributed by atoms with Gasteiger partial charge in [-0.3, -0.25) is 0 Å². The van der Waals surface area contributed by atoms with Crippen LogP contribution in [-0.2, 0) is 0 Å². The molecule has 0 aromatic carbocycles. The topological polar surface area (TPSA) is 55.0 Å². The monoisotopic (exact) mass is 266 g/mol. The average molecular weight is 266 g/mol. The van der Waals surface area contributed by atoms with Crippen LogP contribution in [0.4, 0.5) is 5.82 Å². The van der Waals surface area contributed by atoms with Crippen LogP contribution in [-0.4, -0.2) is 27.8 Å². The maximum absolute atomic E-state index is 5.76. The second-order valence-corrected chi connectivity index (χ2v) is 4.88. The van der Waals surface area contributed by atoms with Crippen molar-refractivity contribution in [3.63, 3.8) is 0 Å². The van der Waals surface area contributed by atoms with Crippen LogP contribution in [0.15, 0.2) is 12.3 Å². The molecule has 0 amide bonds. The molecule has 0 spiro atoms. The molecule has 0 aliphatic carbocycles. The maximum Gasteiger partial charge on any atom is 0.161 e. The summed E-state index contributed by atoms with van der Waals surface area (Å²) in [7, 11) is 0. The molecule has 0 aliphatic heterocycles. The van der Waals surface area contributed by atoms with Crippen molar-refractivity contribution < 1.29 is 0 Å². The zero-order chi connectivity index (χ0) is 13.5. The first-order valence-electron chi connectivity index (χ1n) is 6.49. The summed E-state index contributed by atoms with van der Waals surface area (Å²) in [5.41, 5.74) is 6.58. The van der Waals surface area contributed by atoms with Gasteiger partial charge >= 0.3 is 0 Å². The summed E-state index contributed by atoms with van der Waals surface area (Å²) in [5, 5.41) is 8.20. The van der Waals surface area contributed by atoms with Crippen molar-refractivity contribution in [3.05, 3.63) is 17.8 Å². The number of nitrogens with zero attached hydrogens (tertiary/aromatic N) is 3. The van der Waals surface area contributed by atoms with Gasteiger partial charge in [-0.1, -0.05) is 32.5 Å². The van der Waals surface area contributed by atoms with Crippen molar-refractivity contribution in [1.82, 2.24) is 10.2 Å². The third-order valence-electron chi connectivity index (χ3n) is 3.11. The van der Waals surface area contributed by atoms with E-state index in [1.165, 1.54) is 0 Å². The van der Waals surface area contributed by atoms with Gasteiger partial charge in [0.05, 0.1) is 11.8 Å². The number of thiocarbonyl (C=S) groups is 1. The lowest BCUT2D eigenvalue weighted by Crippen LogP contribution is -2.36. The third kappa shape index (κ3) is 3.63. The average Bonchev–Trinajstić information content (AvgIpc) is 2.39. The molecule has 0 saturated heterocycles. The minimum absolute atomic E-state index is 0.379. The smallest absolute Gasteiger partial charge is 0.161 e. The highest BCUT2D eigenvalue weighted by Gasteiger charge is 2.18. The van der Waals surface area contributed by atoms with Crippen LogP contribution in [0, 0.1) is 0 Å². The molecule has 0 saturated carbocycles. The second-order valence-electron chi connectivity index (χ2n) is 4.44. The Morgan fingerprint density at radius 2 is 2.22 bits per heavy atom. The van der Waals surface area contributed by atoms with Crippen LogP contribution in [0.3, 0.4) is 0 Å². The van der Waals surface area contributed by atoms with Gasteiger partial charge in [-0.25, -0.2) is 0 Å². The first kappa shape index (κ1) is 14.8. The Bertz CT molecular complexity index is 394. The van der Waals surface area contributed by atoms with Gasteiger partial charge in [0.15, 0.2) is 5.82 Å². The van der Waals surface area contributed by atoms with Gasteiger partial charge < -0.3 is 10.6 Å². The lowest BCUT2D eigenvalue weighted by molar-refractivity contribution is 0.586. The van der Waals surface area contributed by atoms with Crippen LogP contribution in [0.1, 0.15) is 45.6 Å². The number of unbranched alkanes of at least 4 members (excludes halogenated alkanes) is 1. The predicted molar refractivity (Wildman–Crippen MR) is 79.9 cm³/mol. The van der Waals surface area contributed by atoms with Crippen LogP contribution >= 0.6 is 12.2 Å². The molecule has 2 N–H and O–H groups in total. The lowest BCUT2D eigenvalue weighted by Gasteiger charge is -2.30. The SMILES string of the molecule is CCCCN(c1nnccc1C(N)=S)C(C)CC. The van der Waals surface area contributed by atoms with E-state index in [9.17, 15) is 0 Å². The molecule has 1 heterocycles. The van der Waals surface area contributed by atoms with E-state index in [2.05, 4.69) is 35.9 Å². The van der Waals surface area contributed by atoms with E-state index in [-0.39, 0.29) is 0 Å². The minimum atomic E-state index is 0.379. The van der Waals surface area contributed by atoms with Gasteiger partial charge in [0.1, 0.15) is 4.99 Å². The zero-order valence-electron chi connectivity index (χ0n) is 11.4. The Balaban J connectivity index is 3.07. The van der Waals surface area contributed by atoms with Gasteiger partial charge in [-0.15, -0.1) is 5.10 Å². The van der Waals surface area contributed by atoms with E-state index < -0.39 is 0 Å². The largest absolute Gasteiger partial charge is 0.389 e. The first-order valence-corrected chi connectivity index (χ1v) is 6.90. The van der Waals surface area contributed by atoms with Crippen molar-refractivity contribution in [1.29, 1.82) is 0 Å². The Hall–Kier alpha value is -1.23. The van der Waals surface area contributed by atoms with E-state index in [4.69, 9.17) is 18.0 Å². The molecule has 0 radical (unpaired) electrons. The van der Waals surface area contributed by atoms with Gasteiger partial charge in [-0.2, -0.15) is 5.10 Å². The summed E-state index contributed by atoms with van der Waals surface area (Å²) in [5.74, 6) is 0.813. The molecule has 1 aromatic heterocycles. The molecule has 1 atom stereocenters. The molecule has 0 aliphatic rings. The molecule has 1 aromatic rings. The standard InChI is InChI=1S/C13H22N4S/c1-4-6-9-17(10(3)5-2)13-11(12(14)18)7-8-15-16-13/h7-8,10H,4-6,9H2,1-3H3,(H2,14,18). The van der Waals surface area contributed by atoms with Gasteiger partial charge in [-0.05, 0) is 25.8 Å². The van der Waals surface area contributed by atoms with E-state index in [1.54, 1.807) is 6.20 Å². The van der Waals surface area contributed by atoms with Gasteiger partial charge in [0.2, 0.25) is 0 Å². The predicted octanol–water partition coefficient (Wildman–Crippen LogP) is 2.52. The van der Waals surface area contributed by atoms with Crippen LogP contribution in [0.5, 0.6) is 0 Å². The highest BCUT2D eigenvalue weighted by Crippen LogP contribution is 2.20. The molecule has 1 rings (SSSR count). The molecule has 100 valence electrons. The van der Waals surface area contributed by atoms with Crippen molar-refractivity contribution in [2.75, 3.05) is 11.4 Å². The van der Waals surface area contributed by atoms with Gasteiger partial charge in [0.25, 0.3) is 0 Å². The maximum atomic E-state index is 5.76. The van der Waals surface area contributed by atoms with Crippen LogP contribution < -0.4 is 10.6 Å². The summed E-state index contributed by atoms with van der Waals surface area (Å²) in [6.45, 7) is 7.49. The van der Waals surface area contributed by atoms with E-state index in [0.717, 1.165) is 37.2 Å². The van der Waals surface area contributed by atoms with Crippen LogP contribution in [0.2, 0.25) is 0 Å². The number of aromatic nitrogens is 2. The fraction of sp³-hybridized carbons (Fsp3) is 0.615. The molecular formula is C13H22N4S. The Morgan fingerprint density at radius 3 is 2.78 bits per heavy atom. The van der Waals surface area contributed by atoms with Gasteiger partial charge in [0, 0.05) is 12.6 Å². The molecular weight excluding hydrogens is 244 g/mol. The van der Waals surface area contributed by atoms with Crippen LogP contribution in [0.25, 0.3) is 0 Å². The quantitative estimate of drug-likeness (QED) is 0.769. The molecule has 1 unspecified atom stereocenters. The van der Waals surface area contributed by atoms with Crippen molar-refractivity contribution in [2.45, 2.75) is 46.1 Å². The van der Waals surface area contributed by atoms with Crippen molar-refractivity contribution in [3.8, 4) is 0 Å². The second kappa shape index (κ2) is 7.26. The van der Waals surface area contributed by atoms with E-state index in [0.29, 0.717) is 11.0 Å². The summed E-state index contributed by atoms with van der Waals surface area (Å²) in [6.07, 6.45) is 4.96. The van der Waals surface area contributed by atoms with E-state index >= 15 is 0 Å². The number of hydrogen-bond acceptors (Lipinski definition) is 4. The molecule has 4 nitrogen and oxygen atoms in total. The normalized spacial score (nSPS) is 12.2. The lowest BCUT2D eigenvalue weighted by atomic mass is 10.1. The molecule has 5 heteroatoms. The number of nitrogens with two attached hydrogens (primary N) is 1. The minimum Gasteiger partial charge on any atom is -0.389 e. The Labute approximate surface area is 115 Å². The first-order chi connectivity index (χ1) is 8.61. The highest BCUT2D eigenvalue weighted by atomic mass is 32.1. The number of hydrogen-bond donors (Lipinski definition) is 1. The van der Waals surface area contributed by atoms with Crippen molar-refractivity contribution >= 4 is 23.0 Å². The number of anilines is 1. The Morgan fingerprint density at radius 1 is 1.50 bits per heavy atom.